The van der Waals surface area contributed by atoms with Gasteiger partial charge in [0.25, 0.3) is 0 Å². The van der Waals surface area contributed by atoms with Crippen LogP contribution < -0.4 is 0 Å². The zero-order chi connectivity index (χ0) is 8.93. The van der Waals surface area contributed by atoms with Crippen molar-refractivity contribution in [1.29, 1.82) is 0 Å². The van der Waals surface area contributed by atoms with E-state index in [0.29, 0.717) is 0 Å². The van der Waals surface area contributed by atoms with E-state index < -0.39 is 5.60 Å². The van der Waals surface area contributed by atoms with Crippen molar-refractivity contribution in [1.82, 2.24) is 4.90 Å². The van der Waals surface area contributed by atoms with E-state index in [1.165, 1.54) is 13.1 Å². The molecule has 1 N–H and O–H groups in total. The number of rotatable bonds is 2. The van der Waals surface area contributed by atoms with Gasteiger partial charge in [-0.05, 0) is 31.6 Å². The summed E-state index contributed by atoms with van der Waals surface area (Å²) in [5.74, 6) is 2.86. The second-order valence-corrected chi connectivity index (χ2v) is 5.19. The van der Waals surface area contributed by atoms with Crippen LogP contribution in [-0.2, 0) is 0 Å². The van der Waals surface area contributed by atoms with Crippen molar-refractivity contribution in [2.24, 2.45) is 17.8 Å². The Balaban J connectivity index is 1.80. The SMILES string of the molecule is CC1C2CN(CC(C)(C)O)CC12. The lowest BCUT2D eigenvalue weighted by Crippen LogP contribution is -2.38. The largest absolute Gasteiger partial charge is 0.389 e. The highest BCUT2D eigenvalue weighted by atomic mass is 16.3. The second kappa shape index (κ2) is 2.46. The number of piperidine rings is 1. The molecule has 2 nitrogen and oxygen atoms in total. The fourth-order valence-electron chi connectivity index (χ4n) is 2.59. The Morgan fingerprint density at radius 3 is 2.25 bits per heavy atom. The fourth-order valence-corrected chi connectivity index (χ4v) is 2.59. The topological polar surface area (TPSA) is 23.5 Å². The number of aliphatic hydroxyl groups is 1. The predicted molar refractivity (Wildman–Crippen MR) is 48.9 cm³/mol. The zero-order valence-corrected chi connectivity index (χ0v) is 8.25. The average Bonchev–Trinajstić information content (AvgIpc) is 2.42. The lowest BCUT2D eigenvalue weighted by atomic mass is 10.1. The minimum Gasteiger partial charge on any atom is -0.389 e. The number of nitrogens with zero attached hydrogens (tertiary/aromatic N) is 1. The minimum absolute atomic E-state index is 0.514. The van der Waals surface area contributed by atoms with Crippen LogP contribution in [-0.4, -0.2) is 35.2 Å². The van der Waals surface area contributed by atoms with Gasteiger partial charge in [-0.2, -0.15) is 0 Å². The Bertz CT molecular complexity index is 173. The number of β-amino-alcohol motifs (C(OH)–C–C–N with tert-alkyl or cyclic N) is 1. The predicted octanol–water partition coefficient (Wildman–Crippen LogP) is 0.955. The highest BCUT2D eigenvalue weighted by Gasteiger charge is 2.52. The van der Waals surface area contributed by atoms with Gasteiger partial charge in [0.1, 0.15) is 0 Å². The van der Waals surface area contributed by atoms with Gasteiger partial charge in [-0.1, -0.05) is 6.92 Å². The van der Waals surface area contributed by atoms with Crippen molar-refractivity contribution < 1.29 is 5.11 Å². The van der Waals surface area contributed by atoms with E-state index in [2.05, 4.69) is 11.8 Å². The summed E-state index contributed by atoms with van der Waals surface area (Å²) in [6, 6.07) is 0. The lowest BCUT2D eigenvalue weighted by molar-refractivity contribution is 0.0391. The van der Waals surface area contributed by atoms with Crippen molar-refractivity contribution in [3.05, 3.63) is 0 Å². The standard InChI is InChI=1S/C10H19NO/c1-7-8-4-11(5-9(7)8)6-10(2,3)12/h7-9,12H,4-6H2,1-3H3. The van der Waals surface area contributed by atoms with Crippen molar-refractivity contribution >= 4 is 0 Å². The molecule has 1 aliphatic heterocycles. The summed E-state index contributed by atoms with van der Waals surface area (Å²) < 4.78 is 0. The van der Waals surface area contributed by atoms with E-state index in [-0.39, 0.29) is 0 Å². The number of hydrogen-bond donors (Lipinski definition) is 1. The Hall–Kier alpha value is -0.0800. The Morgan fingerprint density at radius 2 is 1.83 bits per heavy atom. The van der Waals surface area contributed by atoms with Gasteiger partial charge < -0.3 is 5.11 Å². The van der Waals surface area contributed by atoms with E-state index in [0.717, 1.165) is 24.3 Å². The second-order valence-electron chi connectivity index (χ2n) is 5.19. The third-order valence-corrected chi connectivity index (χ3v) is 3.31. The summed E-state index contributed by atoms with van der Waals surface area (Å²) in [6.07, 6.45) is 0. The molecule has 2 rings (SSSR count). The first-order chi connectivity index (χ1) is 5.47. The molecule has 0 aromatic heterocycles. The van der Waals surface area contributed by atoms with Crippen LogP contribution in [0.1, 0.15) is 20.8 Å². The van der Waals surface area contributed by atoms with Crippen molar-refractivity contribution in [3.63, 3.8) is 0 Å². The molecular weight excluding hydrogens is 150 g/mol. The first-order valence-electron chi connectivity index (χ1n) is 4.92. The molecule has 1 saturated carbocycles. The van der Waals surface area contributed by atoms with Crippen LogP contribution in [0.25, 0.3) is 0 Å². The molecule has 2 aliphatic rings. The Kier molecular flexibility index (Phi) is 1.74. The highest BCUT2D eigenvalue weighted by molar-refractivity contribution is 5.03. The maximum Gasteiger partial charge on any atom is 0.0718 e. The third kappa shape index (κ3) is 1.50. The van der Waals surface area contributed by atoms with Gasteiger partial charge in [0.15, 0.2) is 0 Å². The molecule has 0 aromatic carbocycles. The fraction of sp³-hybridized carbons (Fsp3) is 1.00. The summed E-state index contributed by atoms with van der Waals surface area (Å²) in [5.41, 5.74) is -0.514. The molecule has 2 atom stereocenters. The summed E-state index contributed by atoms with van der Waals surface area (Å²) in [6.45, 7) is 9.40. The highest BCUT2D eigenvalue weighted by Crippen LogP contribution is 2.51. The van der Waals surface area contributed by atoms with Crippen LogP contribution in [0, 0.1) is 17.8 Å². The van der Waals surface area contributed by atoms with Gasteiger partial charge in [-0.25, -0.2) is 0 Å². The van der Waals surface area contributed by atoms with E-state index >= 15 is 0 Å². The van der Waals surface area contributed by atoms with E-state index in [1.807, 2.05) is 13.8 Å². The van der Waals surface area contributed by atoms with Crippen LogP contribution in [0.3, 0.4) is 0 Å². The molecule has 12 heavy (non-hydrogen) atoms. The van der Waals surface area contributed by atoms with Gasteiger partial charge in [0, 0.05) is 19.6 Å². The number of hydrogen-bond acceptors (Lipinski definition) is 2. The summed E-state index contributed by atoms with van der Waals surface area (Å²) in [4.78, 5) is 2.40. The summed E-state index contributed by atoms with van der Waals surface area (Å²) in [5, 5.41) is 9.60. The first-order valence-corrected chi connectivity index (χ1v) is 4.92. The smallest absolute Gasteiger partial charge is 0.0718 e. The van der Waals surface area contributed by atoms with Crippen LogP contribution in [0.4, 0.5) is 0 Å². The first kappa shape index (κ1) is 8.52. The van der Waals surface area contributed by atoms with Gasteiger partial charge in [0.05, 0.1) is 5.60 Å². The van der Waals surface area contributed by atoms with E-state index in [9.17, 15) is 5.11 Å². The molecule has 0 radical (unpaired) electrons. The average molecular weight is 169 g/mol. The van der Waals surface area contributed by atoms with Gasteiger partial charge in [-0.3, -0.25) is 4.90 Å². The van der Waals surface area contributed by atoms with Crippen LogP contribution in [0.15, 0.2) is 0 Å². The molecule has 0 bridgehead atoms. The monoisotopic (exact) mass is 169 g/mol. The van der Waals surface area contributed by atoms with Crippen LogP contribution in [0.2, 0.25) is 0 Å². The molecule has 0 spiro atoms. The molecule has 70 valence electrons. The maximum absolute atomic E-state index is 9.60. The van der Waals surface area contributed by atoms with Crippen molar-refractivity contribution in [2.45, 2.75) is 26.4 Å². The molecule has 2 fully saturated rings. The molecule has 1 aliphatic carbocycles. The van der Waals surface area contributed by atoms with Crippen LogP contribution >= 0.6 is 0 Å². The third-order valence-electron chi connectivity index (χ3n) is 3.31. The molecule has 0 amide bonds. The molecular formula is C10H19NO. The van der Waals surface area contributed by atoms with Crippen LogP contribution in [0.5, 0.6) is 0 Å². The Labute approximate surface area is 74.6 Å². The van der Waals surface area contributed by atoms with E-state index in [1.54, 1.807) is 0 Å². The molecule has 1 heterocycles. The van der Waals surface area contributed by atoms with E-state index in [4.69, 9.17) is 0 Å². The molecule has 1 saturated heterocycles. The molecule has 2 unspecified atom stereocenters. The zero-order valence-electron chi connectivity index (χ0n) is 8.25. The summed E-state index contributed by atoms with van der Waals surface area (Å²) >= 11 is 0. The number of fused-ring (bicyclic) bond motifs is 1. The number of likely N-dealkylation sites (tertiary alicyclic amines) is 1. The minimum atomic E-state index is -0.514. The Morgan fingerprint density at radius 1 is 1.33 bits per heavy atom. The normalized spacial score (nSPS) is 41.5. The van der Waals surface area contributed by atoms with Gasteiger partial charge >= 0.3 is 0 Å². The quantitative estimate of drug-likeness (QED) is 0.665. The summed E-state index contributed by atoms with van der Waals surface area (Å²) in [7, 11) is 0. The van der Waals surface area contributed by atoms with Crippen molar-refractivity contribution in [2.75, 3.05) is 19.6 Å². The maximum atomic E-state index is 9.60. The molecule has 0 aromatic rings. The lowest BCUT2D eigenvalue weighted by Gasteiger charge is -2.26. The van der Waals surface area contributed by atoms with Crippen molar-refractivity contribution in [3.8, 4) is 0 Å². The van der Waals surface area contributed by atoms with Gasteiger partial charge in [-0.15, -0.1) is 0 Å². The van der Waals surface area contributed by atoms with Gasteiger partial charge in [0.2, 0.25) is 0 Å². The molecule has 2 heteroatoms.